The van der Waals surface area contributed by atoms with Crippen LogP contribution in [0.2, 0.25) is 0 Å². The summed E-state index contributed by atoms with van der Waals surface area (Å²) >= 11 is 0. The topological polar surface area (TPSA) is 87.0 Å². The summed E-state index contributed by atoms with van der Waals surface area (Å²) in [6.45, 7) is 1.65. The zero-order chi connectivity index (χ0) is 20.3. The van der Waals surface area contributed by atoms with E-state index in [1.807, 2.05) is 42.5 Å². The Kier molecular flexibility index (Phi) is 6.20. The fourth-order valence-corrected chi connectivity index (χ4v) is 4.40. The third-order valence-electron chi connectivity index (χ3n) is 4.79. The Bertz CT molecular complexity index is 1020. The van der Waals surface area contributed by atoms with Gasteiger partial charge in [0.25, 0.3) is 0 Å². The second-order valence-electron chi connectivity index (χ2n) is 6.46. The molecule has 1 aromatic heterocycles. The molecule has 2 atom stereocenters. The lowest BCUT2D eigenvalue weighted by atomic mass is 10.0. The first kappa shape index (κ1) is 20.6. The number of esters is 1. The average Bonchev–Trinajstić information content (AvgIpc) is 3.09. The molecule has 0 spiro atoms. The molecule has 2 aromatic carbocycles. The summed E-state index contributed by atoms with van der Waals surface area (Å²) in [5.41, 5.74) is 2.44. The summed E-state index contributed by atoms with van der Waals surface area (Å²) < 4.78 is 33.4. The van der Waals surface area contributed by atoms with Gasteiger partial charge >= 0.3 is 13.6 Å². The quantitative estimate of drug-likeness (QED) is 0.446. The maximum absolute atomic E-state index is 12.5. The summed E-state index contributed by atoms with van der Waals surface area (Å²) in [5, 5.41) is 5.07. The fourth-order valence-electron chi connectivity index (χ4n) is 3.26. The highest BCUT2D eigenvalue weighted by Gasteiger charge is 2.34. The van der Waals surface area contributed by atoms with Crippen molar-refractivity contribution in [3.63, 3.8) is 0 Å². The summed E-state index contributed by atoms with van der Waals surface area (Å²) in [4.78, 5) is 12.3. The molecule has 7 nitrogen and oxygen atoms in total. The maximum atomic E-state index is 12.5. The molecule has 28 heavy (non-hydrogen) atoms. The zero-order valence-corrected chi connectivity index (χ0v) is 17.2. The van der Waals surface area contributed by atoms with E-state index in [1.165, 1.54) is 21.3 Å². The standard InChI is InChI=1S/C20H24NO6P/c1-13(28(23,25-3)26-4)21-17(20(22)24-2)11-14-9-10-16-15-7-5-6-8-18(15)27-19(16)12-14/h5-10,12-13,17,21H,11H2,1-4H3/t13-,17+/m1/s1. The molecule has 0 aliphatic heterocycles. The Labute approximate surface area is 163 Å². The van der Waals surface area contributed by atoms with Gasteiger partial charge in [-0.05, 0) is 31.0 Å². The number of nitrogens with one attached hydrogen (secondary N) is 1. The van der Waals surface area contributed by atoms with E-state index < -0.39 is 25.4 Å². The largest absolute Gasteiger partial charge is 0.468 e. The normalized spacial score (nSPS) is 14.3. The van der Waals surface area contributed by atoms with Crippen molar-refractivity contribution in [3.8, 4) is 0 Å². The van der Waals surface area contributed by atoms with Crippen molar-refractivity contribution in [1.29, 1.82) is 0 Å². The molecule has 0 amide bonds. The number of hydrogen-bond donors (Lipinski definition) is 1. The van der Waals surface area contributed by atoms with Gasteiger partial charge in [0.05, 0.1) is 7.11 Å². The molecular formula is C20H24NO6P. The van der Waals surface area contributed by atoms with Crippen LogP contribution >= 0.6 is 7.60 Å². The number of carbonyl (C=O) groups is 1. The van der Waals surface area contributed by atoms with Gasteiger partial charge in [0.1, 0.15) is 23.0 Å². The third kappa shape index (κ3) is 3.98. The first-order valence-corrected chi connectivity index (χ1v) is 10.5. The Morgan fingerprint density at radius 1 is 1.07 bits per heavy atom. The van der Waals surface area contributed by atoms with Gasteiger partial charge in [-0.25, -0.2) is 0 Å². The minimum absolute atomic E-state index is 0.331. The molecule has 0 radical (unpaired) electrons. The number of hydrogen-bond acceptors (Lipinski definition) is 7. The molecule has 1 heterocycles. The third-order valence-corrected chi connectivity index (χ3v) is 6.91. The number of benzene rings is 2. The van der Waals surface area contributed by atoms with E-state index in [-0.39, 0.29) is 0 Å². The van der Waals surface area contributed by atoms with Gasteiger partial charge in [-0.2, -0.15) is 0 Å². The van der Waals surface area contributed by atoms with Crippen LogP contribution in [0.25, 0.3) is 21.9 Å². The van der Waals surface area contributed by atoms with Gasteiger partial charge < -0.3 is 18.2 Å². The summed E-state index contributed by atoms with van der Waals surface area (Å²) in [6.07, 6.45) is 0.331. The lowest BCUT2D eigenvalue weighted by Crippen LogP contribution is -2.44. The van der Waals surface area contributed by atoms with Gasteiger partial charge in [0, 0.05) is 25.0 Å². The minimum atomic E-state index is -3.38. The van der Waals surface area contributed by atoms with Gasteiger partial charge in [-0.15, -0.1) is 0 Å². The van der Waals surface area contributed by atoms with Crippen LogP contribution in [-0.2, 0) is 29.6 Å². The van der Waals surface area contributed by atoms with Crippen LogP contribution in [0.1, 0.15) is 12.5 Å². The summed E-state index contributed by atoms with van der Waals surface area (Å²) in [5.74, 6) is -1.16. The number of para-hydroxylation sites is 1. The predicted molar refractivity (Wildman–Crippen MR) is 107 cm³/mol. The molecule has 0 bridgehead atoms. The number of carbonyl (C=O) groups excluding carboxylic acids is 1. The highest BCUT2D eigenvalue weighted by Crippen LogP contribution is 2.50. The molecule has 0 fully saturated rings. The van der Waals surface area contributed by atoms with Gasteiger partial charge in [0.15, 0.2) is 0 Å². The molecule has 8 heteroatoms. The molecule has 0 aliphatic carbocycles. The lowest BCUT2D eigenvalue weighted by molar-refractivity contribution is -0.143. The van der Waals surface area contributed by atoms with Crippen molar-refractivity contribution in [1.82, 2.24) is 5.32 Å². The van der Waals surface area contributed by atoms with Crippen LogP contribution in [0.4, 0.5) is 0 Å². The number of ether oxygens (including phenoxy) is 1. The Hall–Kier alpha value is -2.18. The zero-order valence-electron chi connectivity index (χ0n) is 16.3. The first-order valence-electron chi connectivity index (χ1n) is 8.87. The number of rotatable bonds is 8. The van der Waals surface area contributed by atoms with Crippen molar-refractivity contribution in [3.05, 3.63) is 48.0 Å². The van der Waals surface area contributed by atoms with Crippen molar-refractivity contribution in [2.75, 3.05) is 21.3 Å². The highest BCUT2D eigenvalue weighted by atomic mass is 31.2. The van der Waals surface area contributed by atoms with Crippen LogP contribution < -0.4 is 5.32 Å². The monoisotopic (exact) mass is 405 g/mol. The van der Waals surface area contributed by atoms with Crippen molar-refractivity contribution >= 4 is 35.5 Å². The van der Waals surface area contributed by atoms with Crippen molar-refractivity contribution < 1.29 is 27.6 Å². The van der Waals surface area contributed by atoms with Crippen molar-refractivity contribution in [2.45, 2.75) is 25.2 Å². The van der Waals surface area contributed by atoms with E-state index in [0.29, 0.717) is 6.42 Å². The van der Waals surface area contributed by atoms with Crippen LogP contribution in [0.5, 0.6) is 0 Å². The molecule has 0 aliphatic rings. The van der Waals surface area contributed by atoms with E-state index in [0.717, 1.165) is 27.5 Å². The Morgan fingerprint density at radius 2 is 1.75 bits per heavy atom. The summed E-state index contributed by atoms with van der Waals surface area (Å²) in [6, 6.07) is 12.9. The van der Waals surface area contributed by atoms with Crippen LogP contribution in [0, 0.1) is 0 Å². The second-order valence-corrected chi connectivity index (χ2v) is 9.04. The number of methoxy groups -OCH3 is 1. The Balaban J connectivity index is 1.87. The lowest BCUT2D eigenvalue weighted by Gasteiger charge is -2.26. The van der Waals surface area contributed by atoms with Crippen LogP contribution in [-0.4, -0.2) is 39.1 Å². The van der Waals surface area contributed by atoms with Crippen LogP contribution in [0.15, 0.2) is 46.9 Å². The number of furan rings is 1. The van der Waals surface area contributed by atoms with Crippen molar-refractivity contribution in [2.24, 2.45) is 0 Å². The smallest absolute Gasteiger partial charge is 0.346 e. The van der Waals surface area contributed by atoms with Gasteiger partial charge in [-0.3, -0.25) is 14.7 Å². The second kappa shape index (κ2) is 8.45. The molecule has 0 unspecified atom stereocenters. The minimum Gasteiger partial charge on any atom is -0.468 e. The first-order chi connectivity index (χ1) is 13.4. The predicted octanol–water partition coefficient (Wildman–Crippen LogP) is 4.09. The van der Waals surface area contributed by atoms with E-state index >= 15 is 0 Å². The number of fused-ring (bicyclic) bond motifs is 3. The van der Waals surface area contributed by atoms with E-state index in [1.54, 1.807) is 6.92 Å². The highest BCUT2D eigenvalue weighted by molar-refractivity contribution is 7.54. The molecule has 0 saturated carbocycles. The van der Waals surface area contributed by atoms with Gasteiger partial charge in [0.2, 0.25) is 0 Å². The fraction of sp³-hybridized carbons (Fsp3) is 0.350. The molecule has 3 rings (SSSR count). The van der Waals surface area contributed by atoms with E-state index in [2.05, 4.69) is 5.32 Å². The molecule has 150 valence electrons. The molecule has 3 aromatic rings. The van der Waals surface area contributed by atoms with Gasteiger partial charge in [-0.1, -0.05) is 30.3 Å². The summed E-state index contributed by atoms with van der Waals surface area (Å²) in [7, 11) is 0.560. The molecule has 1 N–H and O–H groups in total. The molecular weight excluding hydrogens is 381 g/mol. The molecule has 0 saturated heterocycles. The van der Waals surface area contributed by atoms with E-state index in [9.17, 15) is 9.36 Å². The van der Waals surface area contributed by atoms with E-state index in [4.69, 9.17) is 18.2 Å². The Morgan fingerprint density at radius 3 is 2.43 bits per heavy atom. The SMILES string of the molecule is COC(=O)[C@H](Cc1ccc2c(c1)oc1ccccc12)N[C@@H](C)P(=O)(OC)OC. The average molecular weight is 405 g/mol. The van der Waals surface area contributed by atoms with Crippen LogP contribution in [0.3, 0.4) is 0 Å². The maximum Gasteiger partial charge on any atom is 0.346 e.